The van der Waals surface area contributed by atoms with Gasteiger partial charge in [0.25, 0.3) is 0 Å². The minimum atomic E-state index is -0.331. The van der Waals surface area contributed by atoms with Gasteiger partial charge in [-0.2, -0.15) is 0 Å². The van der Waals surface area contributed by atoms with Gasteiger partial charge in [0.2, 0.25) is 0 Å². The predicted molar refractivity (Wildman–Crippen MR) is 86.1 cm³/mol. The van der Waals surface area contributed by atoms with E-state index in [0.717, 1.165) is 63.7 Å². The van der Waals surface area contributed by atoms with E-state index in [-0.39, 0.29) is 5.79 Å². The van der Waals surface area contributed by atoms with Gasteiger partial charge in [0.05, 0.1) is 13.2 Å². The number of aromatic nitrogens is 2. The first-order valence-corrected chi connectivity index (χ1v) is 8.26. The van der Waals surface area contributed by atoms with Crippen LogP contribution in [0, 0.1) is 5.92 Å². The molecule has 3 rings (SSSR count). The highest BCUT2D eigenvalue weighted by atomic mass is 16.7. The summed E-state index contributed by atoms with van der Waals surface area (Å²) in [5, 5.41) is 3.38. The van der Waals surface area contributed by atoms with Crippen molar-refractivity contribution in [3.63, 3.8) is 0 Å². The Morgan fingerprint density at radius 2 is 1.95 bits per heavy atom. The van der Waals surface area contributed by atoms with E-state index in [1.54, 1.807) is 6.33 Å². The van der Waals surface area contributed by atoms with E-state index >= 15 is 0 Å². The molecule has 2 aliphatic rings. The number of hydrogen-bond acceptors (Lipinski definition) is 6. The SMILES string of the molecule is CC(C)CCNc1cc(N2CCC3(CC2)OCCO3)ncn1. The van der Waals surface area contributed by atoms with E-state index in [0.29, 0.717) is 5.92 Å². The highest BCUT2D eigenvalue weighted by Crippen LogP contribution is 2.32. The summed E-state index contributed by atoms with van der Waals surface area (Å²) in [6, 6.07) is 2.04. The second kappa shape index (κ2) is 6.79. The molecule has 0 aliphatic carbocycles. The number of nitrogens with zero attached hydrogens (tertiary/aromatic N) is 3. The van der Waals surface area contributed by atoms with Gasteiger partial charge < -0.3 is 19.7 Å². The average molecular weight is 306 g/mol. The number of ether oxygens (including phenoxy) is 2. The third kappa shape index (κ3) is 3.67. The molecule has 1 spiro atoms. The van der Waals surface area contributed by atoms with Crippen molar-refractivity contribution in [2.45, 2.75) is 38.9 Å². The normalized spacial score (nSPS) is 20.8. The molecule has 6 heteroatoms. The summed E-state index contributed by atoms with van der Waals surface area (Å²) in [5.41, 5.74) is 0. The fraction of sp³-hybridized carbons (Fsp3) is 0.750. The molecule has 0 atom stereocenters. The Morgan fingerprint density at radius 3 is 2.64 bits per heavy atom. The molecule has 1 aromatic heterocycles. The van der Waals surface area contributed by atoms with Crippen LogP contribution in [0.1, 0.15) is 33.1 Å². The van der Waals surface area contributed by atoms with Crippen LogP contribution in [0.2, 0.25) is 0 Å². The van der Waals surface area contributed by atoms with Gasteiger partial charge in [-0.15, -0.1) is 0 Å². The van der Waals surface area contributed by atoms with Gasteiger partial charge in [-0.3, -0.25) is 0 Å². The number of anilines is 2. The molecule has 2 fully saturated rings. The van der Waals surface area contributed by atoms with Crippen molar-refractivity contribution in [3.05, 3.63) is 12.4 Å². The molecule has 0 saturated carbocycles. The number of hydrogen-bond donors (Lipinski definition) is 1. The maximum Gasteiger partial charge on any atom is 0.171 e. The van der Waals surface area contributed by atoms with Gasteiger partial charge in [0.15, 0.2) is 5.79 Å². The van der Waals surface area contributed by atoms with Crippen LogP contribution in [0.15, 0.2) is 12.4 Å². The summed E-state index contributed by atoms with van der Waals surface area (Å²) in [6.07, 6.45) is 4.57. The molecule has 0 bridgehead atoms. The maximum atomic E-state index is 5.77. The van der Waals surface area contributed by atoms with Crippen LogP contribution in [0.4, 0.5) is 11.6 Å². The zero-order chi connectivity index (χ0) is 15.4. The Bertz CT molecular complexity index is 479. The zero-order valence-electron chi connectivity index (χ0n) is 13.5. The fourth-order valence-corrected chi connectivity index (χ4v) is 2.97. The fourth-order valence-electron chi connectivity index (χ4n) is 2.97. The molecule has 3 heterocycles. The maximum absolute atomic E-state index is 5.77. The molecule has 1 aromatic rings. The van der Waals surface area contributed by atoms with Gasteiger partial charge >= 0.3 is 0 Å². The Kier molecular flexibility index (Phi) is 4.78. The highest BCUT2D eigenvalue weighted by Gasteiger charge is 2.40. The van der Waals surface area contributed by atoms with Crippen molar-refractivity contribution in [1.82, 2.24) is 9.97 Å². The Labute approximate surface area is 132 Å². The summed E-state index contributed by atoms with van der Waals surface area (Å²) in [6.45, 7) is 8.65. The molecule has 1 N–H and O–H groups in total. The average Bonchev–Trinajstić information content (AvgIpc) is 2.96. The molecule has 2 aliphatic heterocycles. The molecule has 22 heavy (non-hydrogen) atoms. The van der Waals surface area contributed by atoms with Gasteiger partial charge in [-0.1, -0.05) is 13.8 Å². The summed E-state index contributed by atoms with van der Waals surface area (Å²) in [7, 11) is 0. The first kappa shape index (κ1) is 15.5. The predicted octanol–water partition coefficient (Wildman–Crippen LogP) is 2.28. The van der Waals surface area contributed by atoms with Crippen molar-refractivity contribution in [2.75, 3.05) is 43.1 Å². The second-order valence-electron chi connectivity index (χ2n) is 6.47. The van der Waals surface area contributed by atoms with Crippen molar-refractivity contribution in [2.24, 2.45) is 5.92 Å². The standard InChI is InChI=1S/C16H26N4O2/c1-13(2)3-6-17-14-11-15(19-12-18-14)20-7-4-16(5-8-20)21-9-10-22-16/h11-13H,3-10H2,1-2H3,(H,17,18,19). The third-order valence-corrected chi connectivity index (χ3v) is 4.34. The zero-order valence-corrected chi connectivity index (χ0v) is 13.5. The lowest BCUT2D eigenvalue weighted by molar-refractivity contribution is -0.169. The molecule has 122 valence electrons. The molecule has 0 unspecified atom stereocenters. The minimum Gasteiger partial charge on any atom is -0.370 e. The molecule has 0 amide bonds. The Hall–Kier alpha value is -1.40. The van der Waals surface area contributed by atoms with Crippen molar-refractivity contribution in [1.29, 1.82) is 0 Å². The molecule has 0 radical (unpaired) electrons. The van der Waals surface area contributed by atoms with Gasteiger partial charge in [-0.25, -0.2) is 9.97 Å². The van der Waals surface area contributed by atoms with Crippen LogP contribution < -0.4 is 10.2 Å². The van der Waals surface area contributed by atoms with Crippen molar-refractivity contribution < 1.29 is 9.47 Å². The lowest BCUT2D eigenvalue weighted by atomic mass is 10.0. The Morgan fingerprint density at radius 1 is 1.23 bits per heavy atom. The summed E-state index contributed by atoms with van der Waals surface area (Å²) in [4.78, 5) is 11.0. The smallest absolute Gasteiger partial charge is 0.171 e. The van der Waals surface area contributed by atoms with Gasteiger partial charge in [0.1, 0.15) is 18.0 Å². The van der Waals surface area contributed by atoms with Crippen LogP contribution in [-0.4, -0.2) is 48.6 Å². The molecular weight excluding hydrogens is 280 g/mol. The summed E-state index contributed by atoms with van der Waals surface area (Å²) >= 11 is 0. The number of piperidine rings is 1. The quantitative estimate of drug-likeness (QED) is 0.900. The lowest BCUT2D eigenvalue weighted by Gasteiger charge is -2.38. The third-order valence-electron chi connectivity index (χ3n) is 4.34. The van der Waals surface area contributed by atoms with Crippen LogP contribution in [0.25, 0.3) is 0 Å². The summed E-state index contributed by atoms with van der Waals surface area (Å²) in [5.74, 6) is 2.25. The molecule has 2 saturated heterocycles. The van der Waals surface area contributed by atoms with E-state index in [1.165, 1.54) is 0 Å². The highest BCUT2D eigenvalue weighted by molar-refractivity contribution is 5.48. The Balaban J connectivity index is 1.56. The largest absolute Gasteiger partial charge is 0.370 e. The number of nitrogens with one attached hydrogen (secondary N) is 1. The van der Waals surface area contributed by atoms with Crippen molar-refractivity contribution >= 4 is 11.6 Å². The molecule has 6 nitrogen and oxygen atoms in total. The van der Waals surface area contributed by atoms with Crippen molar-refractivity contribution in [3.8, 4) is 0 Å². The second-order valence-corrected chi connectivity index (χ2v) is 6.47. The lowest BCUT2D eigenvalue weighted by Crippen LogP contribution is -2.45. The van der Waals surface area contributed by atoms with E-state index in [9.17, 15) is 0 Å². The first-order chi connectivity index (χ1) is 10.7. The molecular formula is C16H26N4O2. The number of rotatable bonds is 5. The van der Waals surface area contributed by atoms with Gasteiger partial charge in [-0.05, 0) is 12.3 Å². The van der Waals surface area contributed by atoms with Crippen LogP contribution in [0.3, 0.4) is 0 Å². The van der Waals surface area contributed by atoms with Crippen LogP contribution in [0.5, 0.6) is 0 Å². The van der Waals surface area contributed by atoms with E-state index in [2.05, 4.69) is 34.0 Å². The van der Waals surface area contributed by atoms with E-state index < -0.39 is 0 Å². The molecule has 0 aromatic carbocycles. The van der Waals surface area contributed by atoms with E-state index in [4.69, 9.17) is 9.47 Å². The summed E-state index contributed by atoms with van der Waals surface area (Å²) < 4.78 is 11.5. The van der Waals surface area contributed by atoms with E-state index in [1.807, 2.05) is 6.07 Å². The first-order valence-electron chi connectivity index (χ1n) is 8.26. The van der Waals surface area contributed by atoms with Crippen LogP contribution in [-0.2, 0) is 9.47 Å². The monoisotopic (exact) mass is 306 g/mol. The minimum absolute atomic E-state index is 0.331. The topological polar surface area (TPSA) is 59.5 Å². The van der Waals surface area contributed by atoms with Crippen LogP contribution >= 0.6 is 0 Å². The van der Waals surface area contributed by atoms with Gasteiger partial charge in [0, 0.05) is 38.5 Å².